The highest BCUT2D eigenvalue weighted by molar-refractivity contribution is 7.47. The van der Waals surface area contributed by atoms with E-state index in [2.05, 4.69) is 30.5 Å². The summed E-state index contributed by atoms with van der Waals surface area (Å²) in [6, 6.07) is -1.56. The zero-order valence-electron chi connectivity index (χ0n) is 38.6. The Morgan fingerprint density at radius 2 is 1.25 bits per heavy atom. The van der Waals surface area contributed by atoms with E-state index in [9.17, 15) is 38.8 Å². The first-order valence-corrected chi connectivity index (χ1v) is 25.6. The molecule has 0 saturated heterocycles. The average Bonchev–Trinajstić information content (AvgIpc) is 3.52. The fourth-order valence-electron chi connectivity index (χ4n) is 7.34. The monoisotopic (exact) mass is 914 g/mol. The molecule has 6 N–H and O–H groups in total. The molecular weight excluding hydrogens is 829 g/mol. The number of rotatable bonds is 41. The Balaban J connectivity index is 2.44. The first-order chi connectivity index (χ1) is 30.3. The van der Waals surface area contributed by atoms with E-state index >= 15 is 0 Å². The molecule has 0 heterocycles. The van der Waals surface area contributed by atoms with E-state index in [-0.39, 0.29) is 31.0 Å². The minimum Gasteiger partial charge on any atom is -0.480 e. The van der Waals surface area contributed by atoms with Crippen LogP contribution >= 0.6 is 7.82 Å². The molecule has 1 aliphatic carbocycles. The maximum absolute atomic E-state index is 12.7. The van der Waals surface area contributed by atoms with Crippen molar-refractivity contribution in [3.8, 4) is 0 Å². The number of nitrogens with two attached hydrogens (primary N) is 1. The van der Waals surface area contributed by atoms with Gasteiger partial charge < -0.3 is 35.4 Å². The van der Waals surface area contributed by atoms with Crippen molar-refractivity contribution in [2.45, 2.75) is 212 Å². The van der Waals surface area contributed by atoms with E-state index in [1.807, 2.05) is 12.2 Å². The van der Waals surface area contributed by atoms with Gasteiger partial charge in [-0.2, -0.15) is 0 Å². The van der Waals surface area contributed by atoms with Gasteiger partial charge in [-0.25, -0.2) is 4.57 Å². The molecule has 0 aromatic rings. The number of phosphoric ester groups is 1. The molecule has 0 amide bonds. The summed E-state index contributed by atoms with van der Waals surface area (Å²) in [7, 11) is -4.79. The van der Waals surface area contributed by atoms with Crippen LogP contribution in [-0.4, -0.2) is 88.1 Å². The Bertz CT molecular complexity index is 1370. The van der Waals surface area contributed by atoms with Crippen molar-refractivity contribution in [2.75, 3.05) is 19.8 Å². The minimum absolute atomic E-state index is 0.0259. The van der Waals surface area contributed by atoms with Gasteiger partial charge >= 0.3 is 25.7 Å². The largest absolute Gasteiger partial charge is 0.480 e. The quantitative estimate of drug-likeness (QED) is 0.0166. The molecule has 14 nitrogen and oxygen atoms in total. The third-order valence-corrected chi connectivity index (χ3v) is 12.2. The molecular formula is C48H84NO13P. The van der Waals surface area contributed by atoms with Gasteiger partial charge in [0.1, 0.15) is 18.4 Å². The number of unbranched alkanes of at least 4 members (excludes halogenated alkanes) is 18. The second-order valence-electron chi connectivity index (χ2n) is 17.0. The molecule has 0 radical (unpaired) electrons. The number of ketones is 1. The van der Waals surface area contributed by atoms with Crippen molar-refractivity contribution in [3.05, 3.63) is 36.5 Å². The number of esters is 2. The molecule has 1 aliphatic rings. The number of aliphatic carboxylic acids is 1. The SMILES string of the molecule is CCCCCCCC/C=C\CCCCCCCCCCCC(=O)O[C@H](COC(=O)CCC/C=C\C[C@H]1C(=O)C[C@@H](O)[C@@H]1/C=C/[C@@H](O)CCCCC)COP(=O)(O)OC[C@H](N)C(=O)O. The van der Waals surface area contributed by atoms with Crippen LogP contribution in [0.3, 0.4) is 0 Å². The Hall–Kier alpha value is -2.71. The number of hydrogen-bond acceptors (Lipinski definition) is 12. The number of carboxylic acid groups (broad SMARTS) is 1. The van der Waals surface area contributed by atoms with Gasteiger partial charge in [-0.05, 0) is 57.8 Å². The van der Waals surface area contributed by atoms with Crippen LogP contribution in [-0.2, 0) is 42.3 Å². The molecule has 1 fully saturated rings. The van der Waals surface area contributed by atoms with Crippen molar-refractivity contribution in [1.82, 2.24) is 0 Å². The summed E-state index contributed by atoms with van der Waals surface area (Å²) in [5, 5.41) is 29.6. The molecule has 1 saturated carbocycles. The summed E-state index contributed by atoms with van der Waals surface area (Å²) in [5.74, 6) is -3.40. The summed E-state index contributed by atoms with van der Waals surface area (Å²) >= 11 is 0. The van der Waals surface area contributed by atoms with E-state index in [0.717, 1.165) is 51.4 Å². The summed E-state index contributed by atoms with van der Waals surface area (Å²) < 4.78 is 32.7. The Kier molecular flexibility index (Phi) is 34.7. The molecule has 0 aliphatic heterocycles. The van der Waals surface area contributed by atoms with E-state index in [4.69, 9.17) is 24.8 Å². The predicted octanol–water partition coefficient (Wildman–Crippen LogP) is 9.76. The van der Waals surface area contributed by atoms with Gasteiger partial charge in [0.25, 0.3) is 0 Å². The Morgan fingerprint density at radius 1 is 0.730 bits per heavy atom. The van der Waals surface area contributed by atoms with Gasteiger partial charge in [0.15, 0.2) is 6.10 Å². The molecule has 0 spiro atoms. The van der Waals surface area contributed by atoms with Crippen LogP contribution in [0.4, 0.5) is 0 Å². The van der Waals surface area contributed by atoms with Crippen LogP contribution in [0.15, 0.2) is 36.5 Å². The lowest BCUT2D eigenvalue weighted by molar-refractivity contribution is -0.161. The summed E-state index contributed by atoms with van der Waals surface area (Å²) in [4.78, 5) is 58.8. The number of hydrogen-bond donors (Lipinski definition) is 5. The van der Waals surface area contributed by atoms with Crippen molar-refractivity contribution in [1.29, 1.82) is 0 Å². The zero-order chi connectivity index (χ0) is 46.6. The van der Waals surface area contributed by atoms with Crippen molar-refractivity contribution in [2.24, 2.45) is 17.6 Å². The highest BCUT2D eigenvalue weighted by Gasteiger charge is 2.39. The number of ether oxygens (including phenoxy) is 2. The number of aliphatic hydroxyl groups excluding tert-OH is 2. The van der Waals surface area contributed by atoms with Crippen molar-refractivity contribution < 1.29 is 62.5 Å². The number of phosphoric acid groups is 1. The fourth-order valence-corrected chi connectivity index (χ4v) is 8.11. The number of aliphatic hydroxyl groups is 2. The van der Waals surface area contributed by atoms with Gasteiger partial charge in [-0.1, -0.05) is 147 Å². The third-order valence-electron chi connectivity index (χ3n) is 11.2. The summed E-state index contributed by atoms with van der Waals surface area (Å²) in [6.07, 6.45) is 34.3. The molecule has 1 rings (SSSR count). The van der Waals surface area contributed by atoms with Gasteiger partial charge in [0.2, 0.25) is 0 Å². The predicted molar refractivity (Wildman–Crippen MR) is 246 cm³/mol. The van der Waals surface area contributed by atoms with Gasteiger partial charge in [0, 0.05) is 31.1 Å². The molecule has 0 bridgehead atoms. The standard InChI is InChI=1S/C48H84NO13P/c1-3-5-7-8-9-10-11-12-13-14-15-16-17-18-19-20-21-22-28-32-47(54)62-40(37-60-63(57,58)61-38-43(49)48(55)56)36-59-46(53)31-27-24-23-26-30-41-42(45(52)35-44(41)51)34-33-39(50)29-25-6-4-2/h12-13,23,26,33-34,39-43,45,50,52H,3-11,14-22,24-25,27-32,35-38,49H2,1-2H3,(H,55,56)(H,57,58)/b13-12-,26-23-,34-33+/t39-,40+,41+,42+,43-,45+/m0/s1. The first kappa shape index (κ1) is 58.3. The lowest BCUT2D eigenvalue weighted by atomic mass is 9.90. The molecule has 7 atom stereocenters. The van der Waals surface area contributed by atoms with Crippen LogP contribution < -0.4 is 5.73 Å². The summed E-state index contributed by atoms with van der Waals surface area (Å²) in [5.41, 5.74) is 5.34. The highest BCUT2D eigenvalue weighted by atomic mass is 31.2. The number of Topliss-reactive ketones (excluding diaryl/α,β-unsaturated/α-hetero) is 1. The molecule has 0 aromatic carbocycles. The van der Waals surface area contributed by atoms with Gasteiger partial charge in [-0.3, -0.25) is 28.2 Å². The smallest absolute Gasteiger partial charge is 0.472 e. The highest BCUT2D eigenvalue weighted by Crippen LogP contribution is 2.43. The number of carbonyl (C=O) groups excluding carboxylic acids is 3. The van der Waals surface area contributed by atoms with Crippen LogP contribution in [0, 0.1) is 11.8 Å². The molecule has 1 unspecified atom stereocenters. The second-order valence-corrected chi connectivity index (χ2v) is 18.5. The van der Waals surface area contributed by atoms with Crippen LogP contribution in [0.5, 0.6) is 0 Å². The Morgan fingerprint density at radius 3 is 1.87 bits per heavy atom. The van der Waals surface area contributed by atoms with E-state index in [1.54, 1.807) is 12.2 Å². The fraction of sp³-hybridized carbons (Fsp3) is 0.792. The number of carboxylic acids is 1. The minimum atomic E-state index is -4.79. The van der Waals surface area contributed by atoms with Crippen molar-refractivity contribution >= 4 is 31.5 Å². The number of carbonyl (C=O) groups is 4. The molecule has 0 aromatic heterocycles. The normalized spacial score (nSPS) is 19.2. The van der Waals surface area contributed by atoms with Gasteiger partial charge in [0.05, 0.1) is 25.4 Å². The molecule has 364 valence electrons. The number of allylic oxidation sites excluding steroid dienone is 4. The van der Waals surface area contributed by atoms with E-state index < -0.39 is 75.8 Å². The molecule has 63 heavy (non-hydrogen) atoms. The summed E-state index contributed by atoms with van der Waals surface area (Å²) in [6.45, 7) is 2.44. The first-order valence-electron chi connectivity index (χ1n) is 24.1. The average molecular weight is 914 g/mol. The topological polar surface area (TPSA) is 229 Å². The lowest BCUT2D eigenvalue weighted by Gasteiger charge is -2.20. The van der Waals surface area contributed by atoms with Crippen LogP contribution in [0.1, 0.15) is 187 Å². The zero-order valence-corrected chi connectivity index (χ0v) is 39.5. The second kappa shape index (κ2) is 37.5. The lowest BCUT2D eigenvalue weighted by Crippen LogP contribution is -2.34. The van der Waals surface area contributed by atoms with Crippen LogP contribution in [0.25, 0.3) is 0 Å². The van der Waals surface area contributed by atoms with Crippen molar-refractivity contribution in [3.63, 3.8) is 0 Å². The maximum atomic E-state index is 12.7. The molecule has 15 heteroatoms. The Labute approximate surface area is 378 Å². The van der Waals surface area contributed by atoms with Gasteiger partial charge in [-0.15, -0.1) is 0 Å². The third kappa shape index (κ3) is 31.7. The maximum Gasteiger partial charge on any atom is 0.472 e. The van der Waals surface area contributed by atoms with E-state index in [1.165, 1.54) is 70.6 Å². The van der Waals surface area contributed by atoms with E-state index in [0.29, 0.717) is 32.1 Å². The van der Waals surface area contributed by atoms with Crippen LogP contribution in [0.2, 0.25) is 0 Å².